The molecule has 0 aliphatic carbocycles. The standard InChI is InChI=1S/C24H22BrN3O3/c1-16-9-10-17(2)28(16)27-24(29)20(14-26)11-19-12-21(25)23(22(13-19)30-3)31-15-18-7-5-4-6-8-18/h4-13H,15H2,1-3H3,(H,27,29)/b20-11-. The van der Waals surface area contributed by atoms with E-state index in [9.17, 15) is 10.1 Å². The highest BCUT2D eigenvalue weighted by atomic mass is 79.9. The maximum atomic E-state index is 12.6. The van der Waals surface area contributed by atoms with Crippen molar-refractivity contribution in [2.75, 3.05) is 12.5 Å². The number of benzene rings is 2. The first kappa shape index (κ1) is 22.2. The fourth-order valence-electron chi connectivity index (χ4n) is 3.01. The van der Waals surface area contributed by atoms with E-state index in [0.29, 0.717) is 28.1 Å². The molecule has 0 saturated heterocycles. The molecule has 3 rings (SSSR count). The van der Waals surface area contributed by atoms with Crippen LogP contribution in [-0.4, -0.2) is 17.7 Å². The van der Waals surface area contributed by atoms with Gasteiger partial charge in [-0.05, 0) is 71.2 Å². The Morgan fingerprint density at radius 2 is 1.84 bits per heavy atom. The summed E-state index contributed by atoms with van der Waals surface area (Å²) < 4.78 is 13.7. The van der Waals surface area contributed by atoms with Gasteiger partial charge in [0.2, 0.25) is 0 Å². The topological polar surface area (TPSA) is 76.3 Å². The molecule has 1 amide bonds. The molecule has 7 heteroatoms. The second-order valence-corrected chi connectivity index (χ2v) is 7.72. The Balaban J connectivity index is 1.84. The number of aryl methyl sites for hydroxylation is 2. The number of rotatable bonds is 7. The molecule has 0 radical (unpaired) electrons. The van der Waals surface area contributed by atoms with E-state index in [1.54, 1.807) is 23.9 Å². The van der Waals surface area contributed by atoms with Crippen molar-refractivity contribution in [3.8, 4) is 17.6 Å². The van der Waals surface area contributed by atoms with Crippen LogP contribution in [0.1, 0.15) is 22.5 Å². The molecule has 0 bridgehead atoms. The smallest absolute Gasteiger partial charge is 0.280 e. The molecule has 6 nitrogen and oxygen atoms in total. The van der Waals surface area contributed by atoms with E-state index in [0.717, 1.165) is 17.0 Å². The Kier molecular flexibility index (Phi) is 7.16. The predicted octanol–water partition coefficient (Wildman–Crippen LogP) is 5.13. The maximum absolute atomic E-state index is 12.6. The lowest BCUT2D eigenvalue weighted by Crippen LogP contribution is -2.25. The lowest BCUT2D eigenvalue weighted by atomic mass is 10.1. The zero-order valence-electron chi connectivity index (χ0n) is 17.5. The van der Waals surface area contributed by atoms with Crippen LogP contribution >= 0.6 is 15.9 Å². The van der Waals surface area contributed by atoms with Crippen molar-refractivity contribution in [3.05, 3.63) is 87.2 Å². The van der Waals surface area contributed by atoms with Crippen molar-refractivity contribution in [2.24, 2.45) is 0 Å². The highest BCUT2D eigenvalue weighted by Crippen LogP contribution is 2.37. The van der Waals surface area contributed by atoms with Gasteiger partial charge in [-0.25, -0.2) is 0 Å². The third kappa shape index (κ3) is 5.36. The third-order valence-electron chi connectivity index (χ3n) is 4.64. The number of carbonyl (C=O) groups is 1. The molecule has 0 aliphatic rings. The highest BCUT2D eigenvalue weighted by molar-refractivity contribution is 9.10. The summed E-state index contributed by atoms with van der Waals surface area (Å²) in [6.07, 6.45) is 1.51. The van der Waals surface area contributed by atoms with Gasteiger partial charge in [-0.1, -0.05) is 30.3 Å². The number of carbonyl (C=O) groups excluding carboxylic acids is 1. The van der Waals surface area contributed by atoms with Crippen LogP contribution in [0.2, 0.25) is 0 Å². The Bertz CT molecular complexity index is 1140. The van der Waals surface area contributed by atoms with Crippen LogP contribution < -0.4 is 14.9 Å². The molecule has 0 fully saturated rings. The number of aromatic nitrogens is 1. The van der Waals surface area contributed by atoms with Crippen LogP contribution in [0, 0.1) is 25.2 Å². The molecule has 2 aromatic carbocycles. The Morgan fingerprint density at radius 1 is 1.16 bits per heavy atom. The van der Waals surface area contributed by atoms with Crippen molar-refractivity contribution in [2.45, 2.75) is 20.5 Å². The second-order valence-electron chi connectivity index (χ2n) is 6.87. The average molecular weight is 480 g/mol. The van der Waals surface area contributed by atoms with Gasteiger partial charge < -0.3 is 9.47 Å². The summed E-state index contributed by atoms with van der Waals surface area (Å²) in [7, 11) is 1.54. The van der Waals surface area contributed by atoms with Crippen LogP contribution in [0.15, 0.2) is 64.6 Å². The summed E-state index contributed by atoms with van der Waals surface area (Å²) in [5.74, 6) is 0.542. The van der Waals surface area contributed by atoms with Crippen LogP contribution in [0.5, 0.6) is 11.5 Å². The second kappa shape index (κ2) is 10.0. The van der Waals surface area contributed by atoms with Gasteiger partial charge in [0.25, 0.3) is 5.91 Å². The van der Waals surface area contributed by atoms with Gasteiger partial charge in [0, 0.05) is 11.4 Å². The van der Waals surface area contributed by atoms with Gasteiger partial charge in [-0.15, -0.1) is 0 Å². The number of nitriles is 1. The van der Waals surface area contributed by atoms with E-state index in [4.69, 9.17) is 9.47 Å². The van der Waals surface area contributed by atoms with E-state index in [2.05, 4.69) is 21.4 Å². The SMILES string of the molecule is COc1cc(/C=C(/C#N)C(=O)Nn2c(C)ccc2C)cc(Br)c1OCc1ccccc1. The predicted molar refractivity (Wildman–Crippen MR) is 123 cm³/mol. The average Bonchev–Trinajstić information content (AvgIpc) is 3.09. The number of nitrogens with zero attached hydrogens (tertiary/aromatic N) is 2. The summed E-state index contributed by atoms with van der Waals surface area (Å²) in [5, 5.41) is 9.53. The van der Waals surface area contributed by atoms with E-state index in [1.165, 1.54) is 6.08 Å². The largest absolute Gasteiger partial charge is 0.493 e. The molecule has 31 heavy (non-hydrogen) atoms. The molecule has 1 N–H and O–H groups in total. The minimum atomic E-state index is -0.496. The van der Waals surface area contributed by atoms with Crippen LogP contribution in [0.3, 0.4) is 0 Å². The Morgan fingerprint density at radius 3 is 2.45 bits per heavy atom. The number of halogens is 1. The molecule has 0 unspecified atom stereocenters. The molecule has 1 heterocycles. The first-order chi connectivity index (χ1) is 14.9. The zero-order chi connectivity index (χ0) is 22.4. The third-order valence-corrected chi connectivity index (χ3v) is 5.23. The molecule has 0 spiro atoms. The molecule has 1 aromatic heterocycles. The van der Waals surface area contributed by atoms with Crippen molar-refractivity contribution < 1.29 is 14.3 Å². The first-order valence-electron chi connectivity index (χ1n) is 9.55. The van der Waals surface area contributed by atoms with Gasteiger partial charge in [-0.3, -0.25) is 14.9 Å². The van der Waals surface area contributed by atoms with Gasteiger partial charge in [0.15, 0.2) is 11.5 Å². The lowest BCUT2D eigenvalue weighted by Gasteiger charge is -2.14. The first-order valence-corrected chi connectivity index (χ1v) is 10.3. The Hall–Kier alpha value is -3.50. The quantitative estimate of drug-likeness (QED) is 0.376. The van der Waals surface area contributed by atoms with E-state index in [1.807, 2.05) is 62.4 Å². The molecular weight excluding hydrogens is 458 g/mol. The summed E-state index contributed by atoms with van der Waals surface area (Å²) in [6, 6.07) is 19.0. The van der Waals surface area contributed by atoms with Crippen molar-refractivity contribution in [1.82, 2.24) is 4.68 Å². The Labute approximate surface area is 189 Å². The van der Waals surface area contributed by atoms with Gasteiger partial charge in [-0.2, -0.15) is 5.26 Å². The number of nitrogens with one attached hydrogen (secondary N) is 1. The number of methoxy groups -OCH3 is 1. The number of ether oxygens (including phenoxy) is 2. The zero-order valence-corrected chi connectivity index (χ0v) is 19.1. The lowest BCUT2D eigenvalue weighted by molar-refractivity contribution is -0.113. The normalized spacial score (nSPS) is 11.0. The van der Waals surface area contributed by atoms with Crippen LogP contribution in [0.4, 0.5) is 0 Å². The number of hydrogen-bond donors (Lipinski definition) is 1. The fourth-order valence-corrected chi connectivity index (χ4v) is 3.59. The fraction of sp³-hybridized carbons (Fsp3) is 0.167. The number of hydrogen-bond acceptors (Lipinski definition) is 4. The van der Waals surface area contributed by atoms with Crippen molar-refractivity contribution in [1.29, 1.82) is 5.26 Å². The van der Waals surface area contributed by atoms with Gasteiger partial charge in [0.1, 0.15) is 18.2 Å². The summed E-state index contributed by atoms with van der Waals surface area (Å²) in [4.78, 5) is 12.6. The van der Waals surface area contributed by atoms with E-state index in [-0.39, 0.29) is 5.57 Å². The molecule has 158 valence electrons. The summed E-state index contributed by atoms with van der Waals surface area (Å²) in [5.41, 5.74) is 6.11. The molecule has 3 aromatic rings. The summed E-state index contributed by atoms with van der Waals surface area (Å²) >= 11 is 3.51. The molecular formula is C24H22BrN3O3. The highest BCUT2D eigenvalue weighted by Gasteiger charge is 2.15. The monoisotopic (exact) mass is 479 g/mol. The minimum Gasteiger partial charge on any atom is -0.493 e. The maximum Gasteiger partial charge on any atom is 0.280 e. The molecule has 0 aliphatic heterocycles. The molecule has 0 atom stereocenters. The van der Waals surface area contributed by atoms with Gasteiger partial charge >= 0.3 is 0 Å². The van der Waals surface area contributed by atoms with Gasteiger partial charge in [0.05, 0.1) is 11.6 Å². The van der Waals surface area contributed by atoms with Crippen molar-refractivity contribution in [3.63, 3.8) is 0 Å². The summed E-state index contributed by atoms with van der Waals surface area (Å²) in [6.45, 7) is 4.13. The van der Waals surface area contributed by atoms with Crippen molar-refractivity contribution >= 4 is 27.9 Å². The number of amides is 1. The van der Waals surface area contributed by atoms with E-state index >= 15 is 0 Å². The minimum absolute atomic E-state index is 0.0283. The molecule has 0 saturated carbocycles. The van der Waals surface area contributed by atoms with Crippen LogP contribution in [0.25, 0.3) is 6.08 Å². The van der Waals surface area contributed by atoms with E-state index < -0.39 is 5.91 Å². The van der Waals surface area contributed by atoms with Crippen LogP contribution in [-0.2, 0) is 11.4 Å².